The first kappa shape index (κ1) is 22.5. The first-order valence-electron chi connectivity index (χ1n) is 11.0. The number of fused-ring (bicyclic) bond motifs is 1. The molecule has 1 aromatic heterocycles. The maximum atomic E-state index is 6.32. The Bertz CT molecular complexity index is 1040. The number of benzene rings is 2. The van der Waals surface area contributed by atoms with Crippen LogP contribution in [0.2, 0.25) is 10.0 Å². The summed E-state index contributed by atoms with van der Waals surface area (Å²) in [5.41, 5.74) is 3.82. The lowest BCUT2D eigenvalue weighted by Crippen LogP contribution is -2.42. The maximum Gasteiger partial charge on any atom is 0.138 e. The molecule has 31 heavy (non-hydrogen) atoms. The number of hydrogen-bond acceptors (Lipinski definition) is 3. The minimum Gasteiger partial charge on any atom is -0.486 e. The van der Waals surface area contributed by atoms with Crippen LogP contribution in [0, 0.1) is 0 Å². The Morgan fingerprint density at radius 2 is 1.81 bits per heavy atom. The SMILES string of the molecule is CN(C)C1CCN(CCc2c(COc3ccc(Cl)cc3Cl)n(C)c3ccccc23)CC1. The van der Waals surface area contributed by atoms with Crippen LogP contribution in [0.4, 0.5) is 0 Å². The first-order chi connectivity index (χ1) is 14.9. The Hall–Kier alpha value is -1.72. The Morgan fingerprint density at radius 1 is 1.06 bits per heavy atom. The number of nitrogens with zero attached hydrogens (tertiary/aromatic N) is 3. The van der Waals surface area contributed by atoms with E-state index in [4.69, 9.17) is 27.9 Å². The molecule has 2 aromatic carbocycles. The van der Waals surface area contributed by atoms with Crippen LogP contribution in [0.25, 0.3) is 10.9 Å². The standard InChI is InChI=1S/C25H31Cl2N3O/c1-28(2)19-10-13-30(14-11-19)15-12-21-20-6-4-5-7-23(20)29(3)24(21)17-31-25-9-8-18(26)16-22(25)27/h4-9,16,19H,10-15,17H2,1-3H3. The summed E-state index contributed by atoms with van der Waals surface area (Å²) in [4.78, 5) is 4.96. The minimum absolute atomic E-state index is 0.477. The van der Waals surface area contributed by atoms with E-state index in [1.54, 1.807) is 6.07 Å². The molecular formula is C25H31Cl2N3O. The Morgan fingerprint density at radius 3 is 2.52 bits per heavy atom. The van der Waals surface area contributed by atoms with Crippen LogP contribution < -0.4 is 4.74 Å². The maximum absolute atomic E-state index is 6.32. The van der Waals surface area contributed by atoms with Gasteiger partial charge in [0.05, 0.1) is 10.7 Å². The van der Waals surface area contributed by atoms with Crippen molar-refractivity contribution in [3.05, 3.63) is 63.8 Å². The summed E-state index contributed by atoms with van der Waals surface area (Å²) in [6.07, 6.45) is 3.50. The van der Waals surface area contributed by atoms with Gasteiger partial charge >= 0.3 is 0 Å². The second-order valence-electron chi connectivity index (χ2n) is 8.65. The molecule has 1 aliphatic heterocycles. The van der Waals surface area contributed by atoms with E-state index in [-0.39, 0.29) is 0 Å². The highest BCUT2D eigenvalue weighted by molar-refractivity contribution is 6.35. The summed E-state index contributed by atoms with van der Waals surface area (Å²) >= 11 is 12.4. The third-order valence-corrected chi connectivity index (χ3v) is 7.10. The molecular weight excluding hydrogens is 429 g/mol. The van der Waals surface area contributed by atoms with Crippen molar-refractivity contribution in [3.8, 4) is 5.75 Å². The average Bonchev–Trinajstić information content (AvgIpc) is 3.03. The predicted octanol–water partition coefficient (Wildman–Crippen LogP) is 5.63. The number of aromatic nitrogens is 1. The molecule has 1 fully saturated rings. The molecule has 0 saturated carbocycles. The summed E-state index contributed by atoms with van der Waals surface area (Å²) < 4.78 is 8.39. The molecule has 3 aromatic rings. The van der Waals surface area contributed by atoms with Gasteiger partial charge in [-0.2, -0.15) is 0 Å². The summed E-state index contributed by atoms with van der Waals surface area (Å²) in [6.45, 7) is 3.88. The van der Waals surface area contributed by atoms with Crippen LogP contribution in [0.5, 0.6) is 5.75 Å². The lowest BCUT2D eigenvalue weighted by atomic mass is 10.0. The zero-order chi connectivity index (χ0) is 22.0. The van der Waals surface area contributed by atoms with Gasteiger partial charge in [0, 0.05) is 35.6 Å². The van der Waals surface area contributed by atoms with Crippen molar-refractivity contribution < 1.29 is 4.74 Å². The van der Waals surface area contributed by atoms with Gasteiger partial charge in [0.25, 0.3) is 0 Å². The number of halogens is 2. The highest BCUT2D eigenvalue weighted by Crippen LogP contribution is 2.31. The van der Waals surface area contributed by atoms with E-state index in [2.05, 4.69) is 59.8 Å². The molecule has 0 amide bonds. The first-order valence-corrected chi connectivity index (χ1v) is 11.7. The van der Waals surface area contributed by atoms with E-state index in [0.717, 1.165) is 13.0 Å². The van der Waals surface area contributed by atoms with Gasteiger partial charge in [-0.05, 0) is 76.3 Å². The van der Waals surface area contributed by atoms with Crippen molar-refractivity contribution in [3.63, 3.8) is 0 Å². The van der Waals surface area contributed by atoms with Crippen molar-refractivity contribution in [1.29, 1.82) is 0 Å². The summed E-state index contributed by atoms with van der Waals surface area (Å²) in [5.74, 6) is 0.660. The molecule has 2 heterocycles. The highest BCUT2D eigenvalue weighted by Gasteiger charge is 2.22. The summed E-state index contributed by atoms with van der Waals surface area (Å²) in [5, 5.41) is 2.46. The smallest absolute Gasteiger partial charge is 0.138 e. The molecule has 166 valence electrons. The molecule has 4 nitrogen and oxygen atoms in total. The van der Waals surface area contributed by atoms with E-state index in [1.807, 2.05) is 12.1 Å². The molecule has 0 N–H and O–H groups in total. The third kappa shape index (κ3) is 5.04. The molecule has 0 aliphatic carbocycles. The fourth-order valence-electron chi connectivity index (χ4n) is 4.66. The lowest BCUT2D eigenvalue weighted by Gasteiger charge is -2.35. The van der Waals surface area contributed by atoms with Crippen molar-refractivity contribution in [2.45, 2.75) is 31.9 Å². The van der Waals surface area contributed by atoms with E-state index >= 15 is 0 Å². The van der Waals surface area contributed by atoms with E-state index in [9.17, 15) is 0 Å². The molecule has 1 saturated heterocycles. The van der Waals surface area contributed by atoms with Crippen LogP contribution >= 0.6 is 23.2 Å². The van der Waals surface area contributed by atoms with Gasteiger partial charge in [-0.25, -0.2) is 0 Å². The van der Waals surface area contributed by atoms with Crippen molar-refractivity contribution >= 4 is 34.1 Å². The molecule has 0 radical (unpaired) electrons. The Kier molecular flexibility index (Phi) is 7.12. The number of piperidine rings is 1. The van der Waals surface area contributed by atoms with Crippen LogP contribution in [0.1, 0.15) is 24.1 Å². The predicted molar refractivity (Wildman–Crippen MR) is 131 cm³/mol. The van der Waals surface area contributed by atoms with Gasteiger partial charge in [0.2, 0.25) is 0 Å². The minimum atomic E-state index is 0.477. The fraction of sp³-hybridized carbons (Fsp3) is 0.440. The number of para-hydroxylation sites is 1. The van der Waals surface area contributed by atoms with E-state index < -0.39 is 0 Å². The summed E-state index contributed by atoms with van der Waals surface area (Å²) in [7, 11) is 6.50. The van der Waals surface area contributed by atoms with Crippen LogP contribution in [-0.4, -0.2) is 54.1 Å². The highest BCUT2D eigenvalue weighted by atomic mass is 35.5. The lowest BCUT2D eigenvalue weighted by molar-refractivity contribution is 0.146. The van der Waals surface area contributed by atoms with E-state index in [0.29, 0.717) is 28.4 Å². The van der Waals surface area contributed by atoms with Crippen molar-refractivity contribution in [2.75, 3.05) is 33.7 Å². The van der Waals surface area contributed by atoms with Gasteiger partial charge in [-0.3, -0.25) is 0 Å². The number of likely N-dealkylation sites (tertiary alicyclic amines) is 1. The normalized spacial score (nSPS) is 15.8. The molecule has 1 aliphatic rings. The van der Waals surface area contributed by atoms with Crippen LogP contribution in [0.3, 0.4) is 0 Å². The van der Waals surface area contributed by atoms with Gasteiger partial charge in [0.1, 0.15) is 12.4 Å². The zero-order valence-electron chi connectivity index (χ0n) is 18.6. The van der Waals surface area contributed by atoms with Gasteiger partial charge in [-0.15, -0.1) is 0 Å². The third-order valence-electron chi connectivity index (χ3n) is 6.57. The topological polar surface area (TPSA) is 20.6 Å². The monoisotopic (exact) mass is 459 g/mol. The quantitative estimate of drug-likeness (QED) is 0.456. The molecule has 0 spiro atoms. The Labute approximate surface area is 195 Å². The zero-order valence-corrected chi connectivity index (χ0v) is 20.1. The Balaban J connectivity index is 1.52. The fourth-order valence-corrected chi connectivity index (χ4v) is 5.12. The molecule has 0 atom stereocenters. The second-order valence-corrected chi connectivity index (χ2v) is 9.49. The number of ether oxygens (including phenoxy) is 1. The molecule has 0 bridgehead atoms. The molecule has 0 unspecified atom stereocenters. The number of rotatable bonds is 7. The van der Waals surface area contributed by atoms with Crippen LogP contribution in [0.15, 0.2) is 42.5 Å². The van der Waals surface area contributed by atoms with Crippen molar-refractivity contribution in [2.24, 2.45) is 7.05 Å². The van der Waals surface area contributed by atoms with Gasteiger partial charge in [0.15, 0.2) is 0 Å². The summed E-state index contributed by atoms with van der Waals surface area (Å²) in [6, 6.07) is 14.7. The number of hydrogen-bond donors (Lipinski definition) is 0. The molecule has 6 heteroatoms. The largest absolute Gasteiger partial charge is 0.486 e. The van der Waals surface area contributed by atoms with Gasteiger partial charge < -0.3 is 19.1 Å². The second kappa shape index (κ2) is 9.83. The number of aryl methyl sites for hydroxylation is 1. The average molecular weight is 460 g/mol. The molecule has 4 rings (SSSR count). The van der Waals surface area contributed by atoms with Crippen LogP contribution in [-0.2, 0) is 20.1 Å². The van der Waals surface area contributed by atoms with Gasteiger partial charge in [-0.1, -0.05) is 41.4 Å². The van der Waals surface area contributed by atoms with Crippen molar-refractivity contribution in [1.82, 2.24) is 14.4 Å². The van der Waals surface area contributed by atoms with E-state index in [1.165, 1.54) is 48.1 Å².